The van der Waals surface area contributed by atoms with Crippen molar-refractivity contribution in [3.05, 3.63) is 77.9 Å². The summed E-state index contributed by atoms with van der Waals surface area (Å²) in [6.45, 7) is 1.02. The zero-order valence-corrected chi connectivity index (χ0v) is 15.6. The summed E-state index contributed by atoms with van der Waals surface area (Å²) < 4.78 is 44.6. The van der Waals surface area contributed by atoms with Crippen molar-refractivity contribution in [2.75, 3.05) is 13.2 Å². The molecule has 0 bridgehead atoms. The minimum absolute atomic E-state index is 0. The van der Waals surface area contributed by atoms with Crippen LogP contribution in [0.5, 0.6) is 5.75 Å². The van der Waals surface area contributed by atoms with Crippen molar-refractivity contribution in [2.45, 2.75) is 12.7 Å². The van der Waals surface area contributed by atoms with Gasteiger partial charge in [-0.15, -0.1) is 0 Å². The van der Waals surface area contributed by atoms with Gasteiger partial charge in [-0.25, -0.2) is 0 Å². The largest absolute Gasteiger partial charge is 0.491 e. The number of rotatable bonds is 3. The average Bonchev–Trinajstić information content (AvgIpc) is 2.87. The first-order valence-corrected chi connectivity index (χ1v) is 8.91. The first kappa shape index (κ1) is 21.2. The molecule has 0 fully saturated rings. The minimum atomic E-state index is -4.54. The van der Waals surface area contributed by atoms with E-state index in [2.05, 4.69) is 9.97 Å². The third kappa shape index (κ3) is 4.40. The molecule has 4 rings (SSSR count). The Morgan fingerprint density at radius 1 is 1.00 bits per heavy atom. The molecular weight excluding hydrogens is 402 g/mol. The van der Waals surface area contributed by atoms with Gasteiger partial charge in [-0.05, 0) is 47.5 Å². The van der Waals surface area contributed by atoms with Crippen molar-refractivity contribution in [2.24, 2.45) is 0 Å². The molecule has 3 aromatic rings. The molecule has 1 aliphatic heterocycles. The van der Waals surface area contributed by atoms with Crippen LogP contribution in [0, 0.1) is 0 Å². The number of nitrogens with zero attached hydrogens (tertiary/aromatic N) is 3. The third-order valence-electron chi connectivity index (χ3n) is 4.58. The van der Waals surface area contributed by atoms with Crippen LogP contribution in [0.2, 0.25) is 0 Å². The van der Waals surface area contributed by atoms with E-state index < -0.39 is 11.9 Å². The molecule has 156 valence electrons. The Morgan fingerprint density at radius 3 is 2.53 bits per heavy atom. The molecule has 0 aliphatic carbocycles. The summed E-state index contributed by atoms with van der Waals surface area (Å²) in [5, 5.41) is 0. The highest BCUT2D eigenvalue weighted by Crippen LogP contribution is 2.33. The molecule has 30 heavy (non-hydrogen) atoms. The zero-order valence-electron chi connectivity index (χ0n) is 15.6. The van der Waals surface area contributed by atoms with Gasteiger partial charge in [0.25, 0.3) is 5.91 Å². The van der Waals surface area contributed by atoms with Gasteiger partial charge in [-0.3, -0.25) is 19.5 Å². The van der Waals surface area contributed by atoms with Gasteiger partial charge in [0.1, 0.15) is 18.1 Å². The van der Waals surface area contributed by atoms with Crippen molar-refractivity contribution >= 4 is 5.91 Å². The van der Waals surface area contributed by atoms with Crippen LogP contribution >= 0.6 is 0 Å². The fraction of sp³-hybridized carbons (Fsp3) is 0.190. The quantitative estimate of drug-likeness (QED) is 0.593. The van der Waals surface area contributed by atoms with Crippen LogP contribution in [-0.4, -0.2) is 33.9 Å². The number of fused-ring (bicyclic) bond motifs is 1. The number of carbonyl (C=O) groups excluding carboxylic acids is 1. The van der Waals surface area contributed by atoms with Crippen LogP contribution in [0.25, 0.3) is 11.1 Å². The summed E-state index contributed by atoms with van der Waals surface area (Å²) in [6, 6.07) is 12.7. The summed E-state index contributed by atoms with van der Waals surface area (Å²) >= 11 is 0. The second kappa shape index (κ2) is 8.48. The normalized spacial score (nSPS) is 13.7. The number of hydrogen-bond acceptors (Lipinski definition) is 4. The SMILES string of the molecule is F.O=C1c2cc(-c3ccnc(C(F)(F)F)c3)ccc2OCCN1Cc1ccccn1. The lowest BCUT2D eigenvalue weighted by Gasteiger charge is -2.19. The van der Waals surface area contributed by atoms with Crippen molar-refractivity contribution in [1.82, 2.24) is 14.9 Å². The predicted molar refractivity (Wildman–Crippen MR) is 102 cm³/mol. The maximum atomic E-state index is 13.1. The number of alkyl halides is 3. The molecule has 9 heteroatoms. The summed E-state index contributed by atoms with van der Waals surface area (Å²) in [4.78, 5) is 22.3. The number of pyridine rings is 2. The second-order valence-corrected chi connectivity index (χ2v) is 6.53. The Hall–Kier alpha value is -3.49. The van der Waals surface area contributed by atoms with Crippen LogP contribution in [-0.2, 0) is 12.7 Å². The molecule has 1 amide bonds. The smallest absolute Gasteiger partial charge is 0.433 e. The van der Waals surface area contributed by atoms with Crippen LogP contribution < -0.4 is 4.74 Å². The average molecular weight is 419 g/mol. The highest BCUT2D eigenvalue weighted by molar-refractivity contribution is 5.98. The fourth-order valence-electron chi connectivity index (χ4n) is 3.14. The molecule has 0 N–H and O–H groups in total. The number of ether oxygens (including phenoxy) is 1. The first-order valence-electron chi connectivity index (χ1n) is 8.91. The molecule has 5 nitrogen and oxygen atoms in total. The lowest BCUT2D eigenvalue weighted by atomic mass is 10.0. The van der Waals surface area contributed by atoms with E-state index in [0.29, 0.717) is 42.1 Å². The van der Waals surface area contributed by atoms with Gasteiger partial charge in [0.15, 0.2) is 0 Å². The fourth-order valence-corrected chi connectivity index (χ4v) is 3.14. The van der Waals surface area contributed by atoms with Crippen LogP contribution in [0.4, 0.5) is 17.9 Å². The molecule has 0 radical (unpaired) electrons. The number of amides is 1. The summed E-state index contributed by atoms with van der Waals surface area (Å²) in [7, 11) is 0. The van der Waals surface area contributed by atoms with Gasteiger partial charge in [0.2, 0.25) is 0 Å². The van der Waals surface area contributed by atoms with Crippen LogP contribution in [0.1, 0.15) is 21.7 Å². The van der Waals surface area contributed by atoms with Gasteiger partial charge in [-0.2, -0.15) is 13.2 Å². The van der Waals surface area contributed by atoms with Gasteiger partial charge < -0.3 is 9.64 Å². The van der Waals surface area contributed by atoms with E-state index in [-0.39, 0.29) is 10.6 Å². The molecule has 1 aliphatic rings. The summed E-state index contributed by atoms with van der Waals surface area (Å²) in [6.07, 6.45) is -1.78. The Labute approximate surface area is 169 Å². The van der Waals surface area contributed by atoms with Crippen molar-refractivity contribution in [3.63, 3.8) is 0 Å². The monoisotopic (exact) mass is 419 g/mol. The number of hydrogen-bond donors (Lipinski definition) is 0. The highest BCUT2D eigenvalue weighted by Gasteiger charge is 2.32. The van der Waals surface area contributed by atoms with E-state index >= 15 is 0 Å². The van der Waals surface area contributed by atoms with E-state index in [4.69, 9.17) is 4.74 Å². The van der Waals surface area contributed by atoms with E-state index in [0.717, 1.165) is 18.0 Å². The van der Waals surface area contributed by atoms with E-state index in [1.807, 2.05) is 12.1 Å². The predicted octanol–water partition coefficient (Wildman–Crippen LogP) is 4.35. The number of carbonyl (C=O) groups is 1. The molecule has 2 aromatic heterocycles. The Bertz CT molecular complexity index is 1040. The standard InChI is InChI=1S/C21H16F3N3O2.FH/c22-21(23,24)19-12-15(6-8-26-19)14-4-5-18-17(11-14)20(28)27(9-10-29-18)13-16-3-1-2-7-25-16;/h1-8,11-12H,9-10,13H2;1H. The molecule has 1 aromatic carbocycles. The molecule has 3 heterocycles. The van der Waals surface area contributed by atoms with Gasteiger partial charge in [0.05, 0.1) is 24.3 Å². The van der Waals surface area contributed by atoms with Crippen molar-refractivity contribution in [3.8, 4) is 16.9 Å². The third-order valence-corrected chi connectivity index (χ3v) is 4.58. The van der Waals surface area contributed by atoms with Gasteiger partial charge >= 0.3 is 6.18 Å². The Balaban J connectivity index is 0.00000256. The summed E-state index contributed by atoms with van der Waals surface area (Å²) in [5.41, 5.74) is 0.867. The van der Waals surface area contributed by atoms with Gasteiger partial charge in [-0.1, -0.05) is 12.1 Å². The zero-order chi connectivity index (χ0) is 20.4. The topological polar surface area (TPSA) is 55.3 Å². The Kier molecular flexibility index (Phi) is 6.00. The molecular formula is C21H17F4N3O2. The molecule has 0 saturated carbocycles. The number of halogens is 4. The lowest BCUT2D eigenvalue weighted by molar-refractivity contribution is -0.141. The maximum Gasteiger partial charge on any atom is 0.433 e. The number of benzene rings is 1. The molecule has 0 atom stereocenters. The van der Waals surface area contributed by atoms with E-state index in [1.54, 1.807) is 35.4 Å². The summed E-state index contributed by atoms with van der Waals surface area (Å²) in [5.74, 6) is 0.155. The van der Waals surface area contributed by atoms with Crippen LogP contribution in [0.15, 0.2) is 60.9 Å². The van der Waals surface area contributed by atoms with Crippen molar-refractivity contribution < 1.29 is 27.4 Å². The molecule has 0 unspecified atom stereocenters. The first-order chi connectivity index (χ1) is 13.9. The lowest BCUT2D eigenvalue weighted by Crippen LogP contribution is -2.32. The second-order valence-electron chi connectivity index (χ2n) is 6.53. The van der Waals surface area contributed by atoms with E-state index in [1.165, 1.54) is 6.07 Å². The molecule has 0 spiro atoms. The van der Waals surface area contributed by atoms with Crippen LogP contribution in [0.3, 0.4) is 0 Å². The van der Waals surface area contributed by atoms with Crippen molar-refractivity contribution in [1.29, 1.82) is 0 Å². The van der Waals surface area contributed by atoms with Gasteiger partial charge in [0, 0.05) is 12.4 Å². The maximum absolute atomic E-state index is 13.1. The minimum Gasteiger partial charge on any atom is -0.491 e. The number of aromatic nitrogens is 2. The molecule has 0 saturated heterocycles. The van der Waals surface area contributed by atoms with E-state index in [9.17, 15) is 18.0 Å². The Morgan fingerprint density at radius 2 is 1.80 bits per heavy atom. The highest BCUT2D eigenvalue weighted by atomic mass is 19.4.